The minimum atomic E-state index is 0.302. The molecule has 0 saturated heterocycles. The van der Waals surface area contributed by atoms with Gasteiger partial charge >= 0.3 is 0 Å². The highest BCUT2D eigenvalue weighted by atomic mass is 32.2. The Bertz CT molecular complexity index is 553. The van der Waals surface area contributed by atoms with Gasteiger partial charge < -0.3 is 10.1 Å². The van der Waals surface area contributed by atoms with Crippen LogP contribution in [0.4, 0.5) is 0 Å². The van der Waals surface area contributed by atoms with E-state index < -0.39 is 0 Å². The molecule has 0 spiro atoms. The molecular weight excluding hydrogens is 254 g/mol. The van der Waals surface area contributed by atoms with Gasteiger partial charge in [-0.1, -0.05) is 30.3 Å². The summed E-state index contributed by atoms with van der Waals surface area (Å²) in [6, 6.07) is 17.2. The van der Waals surface area contributed by atoms with Crippen molar-refractivity contribution < 1.29 is 4.74 Å². The SMILES string of the molecule is CSc1ccc(CNC2COc3ccccc32)cc1. The van der Waals surface area contributed by atoms with Gasteiger partial charge in [0.15, 0.2) is 0 Å². The molecule has 2 aromatic rings. The van der Waals surface area contributed by atoms with Crippen LogP contribution in [0.2, 0.25) is 0 Å². The Labute approximate surface area is 118 Å². The number of ether oxygens (including phenoxy) is 1. The topological polar surface area (TPSA) is 21.3 Å². The second kappa shape index (κ2) is 5.68. The molecular formula is C16H17NOS. The van der Waals surface area contributed by atoms with E-state index in [1.807, 2.05) is 12.1 Å². The van der Waals surface area contributed by atoms with Crippen molar-refractivity contribution in [3.8, 4) is 5.75 Å². The Morgan fingerprint density at radius 2 is 1.95 bits per heavy atom. The largest absolute Gasteiger partial charge is 0.491 e. The van der Waals surface area contributed by atoms with E-state index in [2.05, 4.69) is 48.0 Å². The van der Waals surface area contributed by atoms with E-state index in [4.69, 9.17) is 4.74 Å². The molecule has 0 bridgehead atoms. The van der Waals surface area contributed by atoms with Gasteiger partial charge in [-0.15, -0.1) is 11.8 Å². The van der Waals surface area contributed by atoms with Crippen molar-refractivity contribution in [1.82, 2.24) is 5.32 Å². The molecule has 1 heterocycles. The van der Waals surface area contributed by atoms with Crippen molar-refractivity contribution in [1.29, 1.82) is 0 Å². The van der Waals surface area contributed by atoms with E-state index in [0.29, 0.717) is 6.04 Å². The van der Waals surface area contributed by atoms with Gasteiger partial charge in [-0.05, 0) is 30.0 Å². The van der Waals surface area contributed by atoms with Gasteiger partial charge in [-0.2, -0.15) is 0 Å². The molecule has 1 atom stereocenters. The van der Waals surface area contributed by atoms with Gasteiger partial charge in [0.1, 0.15) is 12.4 Å². The van der Waals surface area contributed by atoms with Gasteiger partial charge in [0.05, 0.1) is 6.04 Å². The maximum atomic E-state index is 5.67. The molecule has 0 amide bonds. The zero-order valence-electron chi connectivity index (χ0n) is 10.9. The number of para-hydroxylation sites is 1. The van der Waals surface area contributed by atoms with E-state index in [1.165, 1.54) is 16.0 Å². The molecule has 0 saturated carbocycles. The lowest BCUT2D eigenvalue weighted by molar-refractivity contribution is 0.310. The van der Waals surface area contributed by atoms with Crippen LogP contribution >= 0.6 is 11.8 Å². The summed E-state index contributed by atoms with van der Waals surface area (Å²) in [6.07, 6.45) is 2.10. The molecule has 0 radical (unpaired) electrons. The summed E-state index contributed by atoms with van der Waals surface area (Å²) in [6.45, 7) is 1.60. The van der Waals surface area contributed by atoms with Crippen molar-refractivity contribution in [2.45, 2.75) is 17.5 Å². The predicted molar refractivity (Wildman–Crippen MR) is 79.7 cm³/mol. The van der Waals surface area contributed by atoms with Gasteiger partial charge in [0.25, 0.3) is 0 Å². The first kappa shape index (κ1) is 12.6. The van der Waals surface area contributed by atoms with E-state index in [9.17, 15) is 0 Å². The lowest BCUT2D eigenvalue weighted by atomic mass is 10.1. The van der Waals surface area contributed by atoms with Crippen molar-refractivity contribution in [2.24, 2.45) is 0 Å². The summed E-state index contributed by atoms with van der Waals surface area (Å²) in [4.78, 5) is 1.30. The van der Waals surface area contributed by atoms with Crippen molar-refractivity contribution >= 4 is 11.8 Å². The maximum Gasteiger partial charge on any atom is 0.124 e. The zero-order chi connectivity index (χ0) is 13.1. The molecule has 0 aliphatic carbocycles. The van der Waals surface area contributed by atoms with Gasteiger partial charge in [-0.3, -0.25) is 0 Å². The highest BCUT2D eigenvalue weighted by molar-refractivity contribution is 7.98. The molecule has 1 unspecified atom stereocenters. The normalized spacial score (nSPS) is 17.0. The van der Waals surface area contributed by atoms with Crippen LogP contribution in [0.15, 0.2) is 53.4 Å². The number of rotatable bonds is 4. The lowest BCUT2D eigenvalue weighted by Gasteiger charge is -2.11. The Hall–Kier alpha value is -1.45. The van der Waals surface area contributed by atoms with E-state index in [0.717, 1.165) is 18.9 Å². The fraction of sp³-hybridized carbons (Fsp3) is 0.250. The fourth-order valence-corrected chi connectivity index (χ4v) is 2.72. The Morgan fingerprint density at radius 1 is 1.16 bits per heavy atom. The Kier molecular flexibility index (Phi) is 3.76. The van der Waals surface area contributed by atoms with Crippen LogP contribution in [-0.4, -0.2) is 12.9 Å². The quantitative estimate of drug-likeness (QED) is 0.858. The summed E-state index contributed by atoms with van der Waals surface area (Å²) in [5.74, 6) is 1.01. The molecule has 2 nitrogen and oxygen atoms in total. The third kappa shape index (κ3) is 2.77. The minimum Gasteiger partial charge on any atom is -0.491 e. The maximum absolute atomic E-state index is 5.67. The summed E-state index contributed by atoms with van der Waals surface area (Å²) in [5, 5.41) is 3.56. The highest BCUT2D eigenvalue weighted by Crippen LogP contribution is 2.31. The first-order chi connectivity index (χ1) is 9.36. The van der Waals surface area contributed by atoms with Crippen LogP contribution in [0.1, 0.15) is 17.2 Å². The first-order valence-electron chi connectivity index (χ1n) is 6.45. The molecule has 0 aromatic heterocycles. The molecule has 3 heteroatoms. The number of fused-ring (bicyclic) bond motifs is 1. The van der Waals surface area contributed by atoms with Crippen molar-refractivity contribution in [2.75, 3.05) is 12.9 Å². The molecule has 98 valence electrons. The van der Waals surface area contributed by atoms with Gasteiger partial charge in [-0.25, -0.2) is 0 Å². The minimum absolute atomic E-state index is 0.302. The van der Waals surface area contributed by atoms with Crippen LogP contribution in [0.5, 0.6) is 5.75 Å². The smallest absolute Gasteiger partial charge is 0.124 e. The molecule has 0 fully saturated rings. The van der Waals surface area contributed by atoms with Crippen LogP contribution < -0.4 is 10.1 Å². The summed E-state index contributed by atoms with van der Waals surface area (Å²) in [7, 11) is 0. The van der Waals surface area contributed by atoms with E-state index in [-0.39, 0.29) is 0 Å². The molecule has 2 aromatic carbocycles. The van der Waals surface area contributed by atoms with Crippen LogP contribution in [0, 0.1) is 0 Å². The van der Waals surface area contributed by atoms with E-state index in [1.54, 1.807) is 11.8 Å². The number of thioether (sulfide) groups is 1. The second-order valence-electron chi connectivity index (χ2n) is 4.63. The standard InChI is InChI=1S/C16H17NOS/c1-19-13-8-6-12(7-9-13)10-17-15-11-18-16-5-3-2-4-14(15)16/h2-9,15,17H,10-11H2,1H3. The van der Waals surface area contributed by atoms with Crippen molar-refractivity contribution in [3.05, 3.63) is 59.7 Å². The predicted octanol–water partition coefficient (Wildman–Crippen LogP) is 3.63. The van der Waals surface area contributed by atoms with Crippen molar-refractivity contribution in [3.63, 3.8) is 0 Å². The molecule has 1 N–H and O–H groups in total. The van der Waals surface area contributed by atoms with Crippen LogP contribution in [0.3, 0.4) is 0 Å². The number of hydrogen-bond acceptors (Lipinski definition) is 3. The monoisotopic (exact) mass is 271 g/mol. The number of nitrogens with one attached hydrogen (secondary N) is 1. The molecule has 19 heavy (non-hydrogen) atoms. The van der Waals surface area contributed by atoms with E-state index >= 15 is 0 Å². The first-order valence-corrected chi connectivity index (χ1v) is 7.67. The molecule has 1 aliphatic rings. The second-order valence-corrected chi connectivity index (χ2v) is 5.51. The Balaban J connectivity index is 1.64. The van der Waals surface area contributed by atoms with Crippen LogP contribution in [-0.2, 0) is 6.54 Å². The third-order valence-electron chi connectivity index (χ3n) is 3.41. The summed E-state index contributed by atoms with van der Waals surface area (Å²) < 4.78 is 5.67. The number of benzene rings is 2. The zero-order valence-corrected chi connectivity index (χ0v) is 11.7. The summed E-state index contributed by atoms with van der Waals surface area (Å²) >= 11 is 1.77. The highest BCUT2D eigenvalue weighted by Gasteiger charge is 2.22. The molecule has 3 rings (SSSR count). The Morgan fingerprint density at radius 3 is 2.74 bits per heavy atom. The lowest BCUT2D eigenvalue weighted by Crippen LogP contribution is -2.21. The average molecular weight is 271 g/mol. The summed E-state index contributed by atoms with van der Waals surface area (Å²) in [5.41, 5.74) is 2.57. The van der Waals surface area contributed by atoms with Gasteiger partial charge in [0, 0.05) is 17.0 Å². The van der Waals surface area contributed by atoms with Crippen LogP contribution in [0.25, 0.3) is 0 Å². The molecule has 1 aliphatic heterocycles. The average Bonchev–Trinajstić information content (AvgIpc) is 2.89. The number of hydrogen-bond donors (Lipinski definition) is 1. The third-order valence-corrected chi connectivity index (χ3v) is 4.16. The fourth-order valence-electron chi connectivity index (χ4n) is 2.32. The van der Waals surface area contributed by atoms with Gasteiger partial charge in [0.2, 0.25) is 0 Å².